The number of nitrogens with one attached hydrogen (secondary N) is 1. The molecule has 5 nitrogen and oxygen atoms in total. The summed E-state index contributed by atoms with van der Waals surface area (Å²) in [6.45, 7) is 5.36. The van der Waals surface area contributed by atoms with Crippen LogP contribution in [0.1, 0.15) is 30.5 Å². The monoisotopic (exact) mass is 362 g/mol. The molecule has 140 valence electrons. The number of hydrogen-bond donors (Lipinski definition) is 1. The number of piperidine rings is 1. The molecule has 0 spiro atoms. The number of aromatic nitrogens is 2. The molecule has 3 unspecified atom stereocenters. The second-order valence-electron chi connectivity index (χ2n) is 7.61. The number of carbonyl (C=O) groups excluding carboxylic acids is 1. The number of carbonyl (C=O) groups is 1. The van der Waals surface area contributed by atoms with Crippen LogP contribution in [0.4, 0.5) is 0 Å². The van der Waals surface area contributed by atoms with Crippen LogP contribution in [-0.4, -0.2) is 40.4 Å². The normalized spacial score (nSPS) is 25.3. The van der Waals surface area contributed by atoms with Gasteiger partial charge < -0.3 is 5.32 Å². The number of pyridine rings is 2. The third kappa shape index (κ3) is 4.25. The van der Waals surface area contributed by atoms with Gasteiger partial charge in [-0.05, 0) is 60.4 Å². The molecular weight excluding hydrogens is 336 g/mol. The Morgan fingerprint density at radius 2 is 1.96 bits per heavy atom. The molecule has 1 aliphatic carbocycles. The van der Waals surface area contributed by atoms with Crippen molar-refractivity contribution in [2.24, 2.45) is 17.8 Å². The standard InChI is InChI=1S/C22H26N4O/c1-16(18-5-3-10-24-13-18)26-14-20-19(21(20)15-26)8-11-25-22(27)7-6-17-4-2-9-23-12-17/h2-7,9-10,12-13,16,19-21H,8,11,14-15H2,1H3,(H,25,27)/b7-6+. The van der Waals surface area contributed by atoms with Gasteiger partial charge in [0.2, 0.25) is 5.91 Å². The average molecular weight is 362 g/mol. The van der Waals surface area contributed by atoms with Gasteiger partial charge in [0.25, 0.3) is 0 Å². The van der Waals surface area contributed by atoms with Crippen LogP contribution < -0.4 is 5.32 Å². The summed E-state index contributed by atoms with van der Waals surface area (Å²) in [5.41, 5.74) is 2.23. The number of likely N-dealkylation sites (tertiary alicyclic amines) is 1. The van der Waals surface area contributed by atoms with E-state index in [1.807, 2.05) is 30.6 Å². The maximum atomic E-state index is 11.9. The summed E-state index contributed by atoms with van der Waals surface area (Å²) in [7, 11) is 0. The maximum absolute atomic E-state index is 11.9. The highest BCUT2D eigenvalue weighted by Gasteiger charge is 2.55. The van der Waals surface area contributed by atoms with E-state index in [0.29, 0.717) is 6.04 Å². The van der Waals surface area contributed by atoms with Crippen LogP contribution in [0.25, 0.3) is 6.08 Å². The summed E-state index contributed by atoms with van der Waals surface area (Å²) in [4.78, 5) is 22.8. The lowest BCUT2D eigenvalue weighted by molar-refractivity contribution is -0.116. The lowest BCUT2D eigenvalue weighted by Gasteiger charge is -2.27. The van der Waals surface area contributed by atoms with Crippen molar-refractivity contribution in [1.82, 2.24) is 20.2 Å². The van der Waals surface area contributed by atoms with Gasteiger partial charge in [0.15, 0.2) is 0 Å². The lowest BCUT2D eigenvalue weighted by Crippen LogP contribution is -2.29. The van der Waals surface area contributed by atoms with E-state index in [4.69, 9.17) is 0 Å². The summed E-state index contributed by atoms with van der Waals surface area (Å²) < 4.78 is 0. The first-order valence-corrected chi connectivity index (χ1v) is 9.72. The van der Waals surface area contributed by atoms with Crippen LogP contribution in [0.3, 0.4) is 0 Å². The molecule has 2 fully saturated rings. The highest BCUT2D eigenvalue weighted by atomic mass is 16.1. The lowest BCUT2D eigenvalue weighted by atomic mass is 10.1. The molecule has 1 amide bonds. The van der Waals surface area contributed by atoms with Crippen molar-refractivity contribution >= 4 is 12.0 Å². The van der Waals surface area contributed by atoms with Gasteiger partial charge in [0.05, 0.1) is 0 Å². The van der Waals surface area contributed by atoms with Gasteiger partial charge in [0, 0.05) is 56.5 Å². The summed E-state index contributed by atoms with van der Waals surface area (Å²) in [5.74, 6) is 2.33. The first kappa shape index (κ1) is 17.9. The van der Waals surface area contributed by atoms with Gasteiger partial charge in [-0.15, -0.1) is 0 Å². The fraction of sp³-hybridized carbons (Fsp3) is 0.409. The number of fused-ring (bicyclic) bond motifs is 1. The molecule has 3 atom stereocenters. The van der Waals surface area contributed by atoms with E-state index in [9.17, 15) is 4.79 Å². The molecule has 2 aromatic rings. The molecule has 2 aromatic heterocycles. The molecule has 27 heavy (non-hydrogen) atoms. The van der Waals surface area contributed by atoms with Gasteiger partial charge in [-0.25, -0.2) is 0 Å². The molecule has 4 rings (SSSR count). The maximum Gasteiger partial charge on any atom is 0.244 e. The van der Waals surface area contributed by atoms with Crippen LogP contribution in [0.15, 0.2) is 55.1 Å². The minimum atomic E-state index is -0.0310. The summed E-state index contributed by atoms with van der Waals surface area (Å²) in [6.07, 6.45) is 11.7. The zero-order valence-electron chi connectivity index (χ0n) is 15.7. The number of hydrogen-bond acceptors (Lipinski definition) is 4. The quantitative estimate of drug-likeness (QED) is 0.770. The van der Waals surface area contributed by atoms with Gasteiger partial charge >= 0.3 is 0 Å². The molecule has 1 aliphatic heterocycles. The van der Waals surface area contributed by atoms with Crippen molar-refractivity contribution in [3.8, 4) is 0 Å². The first-order valence-electron chi connectivity index (χ1n) is 9.72. The second-order valence-corrected chi connectivity index (χ2v) is 7.61. The third-order valence-electron chi connectivity index (χ3n) is 6.00. The van der Waals surface area contributed by atoms with Crippen LogP contribution >= 0.6 is 0 Å². The molecule has 1 saturated heterocycles. The van der Waals surface area contributed by atoms with Crippen LogP contribution in [0.2, 0.25) is 0 Å². The topological polar surface area (TPSA) is 58.1 Å². The number of nitrogens with zero attached hydrogens (tertiary/aromatic N) is 3. The summed E-state index contributed by atoms with van der Waals surface area (Å²) in [6, 6.07) is 8.40. The van der Waals surface area contributed by atoms with E-state index >= 15 is 0 Å². The van der Waals surface area contributed by atoms with E-state index in [1.54, 1.807) is 24.5 Å². The predicted molar refractivity (Wildman–Crippen MR) is 106 cm³/mol. The van der Waals surface area contributed by atoms with Crippen molar-refractivity contribution in [1.29, 1.82) is 0 Å². The molecule has 5 heteroatoms. The molecule has 3 heterocycles. The van der Waals surface area contributed by atoms with Gasteiger partial charge in [-0.2, -0.15) is 0 Å². The Bertz CT molecular complexity index is 780. The molecule has 0 bridgehead atoms. The van der Waals surface area contributed by atoms with Crippen molar-refractivity contribution in [2.45, 2.75) is 19.4 Å². The Kier molecular flexibility index (Phi) is 5.30. The fourth-order valence-corrected chi connectivity index (χ4v) is 4.33. The Morgan fingerprint density at radius 3 is 2.63 bits per heavy atom. The van der Waals surface area contributed by atoms with Crippen LogP contribution in [0.5, 0.6) is 0 Å². The Hall–Kier alpha value is -2.53. The van der Waals surface area contributed by atoms with E-state index in [2.05, 4.69) is 33.2 Å². The molecule has 2 aliphatic rings. The SMILES string of the molecule is CC(c1cccnc1)N1CC2C(CCNC(=O)/C=C/c3cccnc3)C2C1. The number of amides is 1. The second kappa shape index (κ2) is 8.01. The van der Waals surface area contributed by atoms with E-state index in [0.717, 1.165) is 36.3 Å². The van der Waals surface area contributed by atoms with Gasteiger partial charge in [0.1, 0.15) is 0 Å². The number of rotatable bonds is 7. The smallest absolute Gasteiger partial charge is 0.244 e. The minimum Gasteiger partial charge on any atom is -0.353 e. The molecule has 1 saturated carbocycles. The molecular formula is C22H26N4O. The van der Waals surface area contributed by atoms with Gasteiger partial charge in [-0.1, -0.05) is 12.1 Å². The van der Waals surface area contributed by atoms with Crippen molar-refractivity contribution in [3.05, 3.63) is 66.3 Å². The van der Waals surface area contributed by atoms with Crippen LogP contribution in [0, 0.1) is 17.8 Å². The molecule has 0 radical (unpaired) electrons. The van der Waals surface area contributed by atoms with E-state index in [-0.39, 0.29) is 5.91 Å². The minimum absolute atomic E-state index is 0.0310. The predicted octanol–water partition coefficient (Wildman–Crippen LogP) is 2.94. The zero-order chi connectivity index (χ0) is 18.6. The van der Waals surface area contributed by atoms with Crippen LogP contribution in [-0.2, 0) is 4.79 Å². The Labute approximate surface area is 160 Å². The fourth-order valence-electron chi connectivity index (χ4n) is 4.33. The summed E-state index contributed by atoms with van der Waals surface area (Å²) in [5, 5.41) is 3.01. The van der Waals surface area contributed by atoms with Gasteiger partial charge in [-0.3, -0.25) is 19.7 Å². The third-order valence-corrected chi connectivity index (χ3v) is 6.00. The van der Waals surface area contributed by atoms with Crippen molar-refractivity contribution in [3.63, 3.8) is 0 Å². The van der Waals surface area contributed by atoms with E-state index in [1.165, 1.54) is 18.7 Å². The largest absolute Gasteiger partial charge is 0.353 e. The highest BCUT2D eigenvalue weighted by Crippen LogP contribution is 2.54. The van der Waals surface area contributed by atoms with Crippen molar-refractivity contribution < 1.29 is 4.79 Å². The first-order chi connectivity index (χ1) is 13.2. The average Bonchev–Trinajstić information content (AvgIpc) is 3.16. The Morgan fingerprint density at radius 1 is 1.22 bits per heavy atom. The Balaban J connectivity index is 1.16. The summed E-state index contributed by atoms with van der Waals surface area (Å²) >= 11 is 0. The molecule has 1 N–H and O–H groups in total. The zero-order valence-corrected chi connectivity index (χ0v) is 15.7. The molecule has 0 aromatic carbocycles. The highest BCUT2D eigenvalue weighted by molar-refractivity contribution is 5.91. The van der Waals surface area contributed by atoms with E-state index < -0.39 is 0 Å². The van der Waals surface area contributed by atoms with Crippen molar-refractivity contribution in [2.75, 3.05) is 19.6 Å².